The molecule has 0 aliphatic heterocycles. The van der Waals surface area contributed by atoms with Crippen LogP contribution in [-0.2, 0) is 0 Å². The smallest absolute Gasteiger partial charge is 0.134 e. The van der Waals surface area contributed by atoms with Crippen molar-refractivity contribution in [3.63, 3.8) is 0 Å². The molecule has 0 saturated heterocycles. The van der Waals surface area contributed by atoms with E-state index >= 15 is 0 Å². The highest BCUT2D eigenvalue weighted by Crippen LogP contribution is 2.31. The fourth-order valence-electron chi connectivity index (χ4n) is 2.38. The lowest BCUT2D eigenvalue weighted by Crippen LogP contribution is -2.21. The van der Waals surface area contributed by atoms with Crippen LogP contribution in [0.25, 0.3) is 11.0 Å². The van der Waals surface area contributed by atoms with Crippen molar-refractivity contribution in [2.75, 3.05) is 6.54 Å². The summed E-state index contributed by atoms with van der Waals surface area (Å²) in [6.45, 7) is 5.31. The van der Waals surface area contributed by atoms with Crippen molar-refractivity contribution >= 4 is 22.3 Å². The highest BCUT2D eigenvalue weighted by Gasteiger charge is 2.19. The normalized spacial score (nSPS) is 12.9. The van der Waals surface area contributed by atoms with Crippen LogP contribution in [0.5, 0.6) is 0 Å². The van der Waals surface area contributed by atoms with Crippen LogP contribution < -0.4 is 5.32 Å². The summed E-state index contributed by atoms with van der Waals surface area (Å²) in [5.41, 5.74) is 0.957. The standard InChI is InChI=1S/C17H19NOS/c1-3-10-18-17(16-9-8-12(2)20-16)15-11-13-6-4-5-7-14(13)19-15/h4-9,11,17-18H,3,10H2,1-2H3. The zero-order valence-corrected chi connectivity index (χ0v) is 12.7. The Morgan fingerprint density at radius 2 is 2.05 bits per heavy atom. The topological polar surface area (TPSA) is 25.2 Å². The zero-order chi connectivity index (χ0) is 13.9. The van der Waals surface area contributed by atoms with Gasteiger partial charge < -0.3 is 9.73 Å². The average molecular weight is 285 g/mol. The molecule has 3 rings (SSSR count). The van der Waals surface area contributed by atoms with E-state index in [1.54, 1.807) is 0 Å². The minimum atomic E-state index is 0.154. The first-order valence-corrected chi connectivity index (χ1v) is 7.88. The molecule has 3 aromatic rings. The van der Waals surface area contributed by atoms with Gasteiger partial charge in [0.15, 0.2) is 0 Å². The second-order valence-electron chi connectivity index (χ2n) is 5.02. The molecule has 2 nitrogen and oxygen atoms in total. The molecule has 2 aromatic heterocycles. The molecule has 0 spiro atoms. The van der Waals surface area contributed by atoms with Crippen molar-refractivity contribution in [3.8, 4) is 0 Å². The summed E-state index contributed by atoms with van der Waals surface area (Å²) in [5, 5.41) is 4.76. The van der Waals surface area contributed by atoms with Gasteiger partial charge in [0.25, 0.3) is 0 Å². The number of rotatable bonds is 5. The third-order valence-corrected chi connectivity index (χ3v) is 4.44. The van der Waals surface area contributed by atoms with Gasteiger partial charge in [-0.3, -0.25) is 0 Å². The number of aryl methyl sites for hydroxylation is 1. The monoisotopic (exact) mass is 285 g/mol. The quantitative estimate of drug-likeness (QED) is 0.722. The number of furan rings is 1. The highest BCUT2D eigenvalue weighted by atomic mass is 32.1. The number of benzene rings is 1. The highest BCUT2D eigenvalue weighted by molar-refractivity contribution is 7.12. The van der Waals surface area contributed by atoms with Gasteiger partial charge in [-0.2, -0.15) is 0 Å². The molecule has 1 aromatic carbocycles. The molecule has 1 atom stereocenters. The van der Waals surface area contributed by atoms with Gasteiger partial charge in [-0.1, -0.05) is 25.1 Å². The van der Waals surface area contributed by atoms with Gasteiger partial charge in [-0.15, -0.1) is 11.3 Å². The molecule has 1 N–H and O–H groups in total. The third kappa shape index (κ3) is 2.65. The molecule has 1 unspecified atom stereocenters. The van der Waals surface area contributed by atoms with Gasteiger partial charge >= 0.3 is 0 Å². The van der Waals surface area contributed by atoms with Crippen molar-refractivity contribution in [2.24, 2.45) is 0 Å². The Hall–Kier alpha value is -1.58. The maximum Gasteiger partial charge on any atom is 0.134 e. The number of hydrogen-bond acceptors (Lipinski definition) is 3. The van der Waals surface area contributed by atoms with E-state index in [-0.39, 0.29) is 6.04 Å². The summed E-state index contributed by atoms with van der Waals surface area (Å²) < 4.78 is 6.04. The molecule has 0 bridgehead atoms. The van der Waals surface area contributed by atoms with Crippen LogP contribution >= 0.6 is 11.3 Å². The lowest BCUT2D eigenvalue weighted by molar-refractivity contribution is 0.473. The van der Waals surface area contributed by atoms with Crippen molar-refractivity contribution in [1.29, 1.82) is 0 Å². The Balaban J connectivity index is 1.99. The first-order chi connectivity index (χ1) is 9.78. The summed E-state index contributed by atoms with van der Waals surface area (Å²) in [6.07, 6.45) is 1.11. The third-order valence-electron chi connectivity index (χ3n) is 3.37. The molecule has 0 aliphatic carbocycles. The SMILES string of the molecule is CCCNC(c1cc2ccccc2o1)c1ccc(C)s1. The number of thiophene rings is 1. The van der Waals surface area contributed by atoms with Crippen LogP contribution in [0, 0.1) is 6.92 Å². The molecule has 0 radical (unpaired) electrons. The zero-order valence-electron chi connectivity index (χ0n) is 11.8. The van der Waals surface area contributed by atoms with Gasteiger partial charge in [-0.05, 0) is 44.2 Å². The molecule has 104 valence electrons. The summed E-state index contributed by atoms with van der Waals surface area (Å²) in [6, 6.07) is 14.8. The van der Waals surface area contributed by atoms with Gasteiger partial charge in [0.05, 0.1) is 0 Å². The van der Waals surface area contributed by atoms with E-state index in [2.05, 4.69) is 43.4 Å². The van der Waals surface area contributed by atoms with Crippen LogP contribution in [-0.4, -0.2) is 6.54 Å². The summed E-state index contributed by atoms with van der Waals surface area (Å²) in [4.78, 5) is 2.65. The largest absolute Gasteiger partial charge is 0.459 e. The number of fused-ring (bicyclic) bond motifs is 1. The summed E-state index contributed by atoms with van der Waals surface area (Å²) in [7, 11) is 0. The van der Waals surface area contributed by atoms with Crippen molar-refractivity contribution in [1.82, 2.24) is 5.32 Å². The van der Waals surface area contributed by atoms with Gasteiger partial charge in [0.1, 0.15) is 17.4 Å². The Bertz CT molecular complexity index is 665. The van der Waals surface area contributed by atoms with E-state index < -0.39 is 0 Å². The molecule has 0 saturated carbocycles. The van der Waals surface area contributed by atoms with E-state index in [9.17, 15) is 0 Å². The van der Waals surface area contributed by atoms with Crippen molar-refractivity contribution in [2.45, 2.75) is 26.3 Å². The van der Waals surface area contributed by atoms with Crippen molar-refractivity contribution < 1.29 is 4.42 Å². The van der Waals surface area contributed by atoms with Crippen LogP contribution in [0.4, 0.5) is 0 Å². The molecule has 20 heavy (non-hydrogen) atoms. The lowest BCUT2D eigenvalue weighted by atomic mass is 10.1. The van der Waals surface area contributed by atoms with Gasteiger partial charge in [0.2, 0.25) is 0 Å². The van der Waals surface area contributed by atoms with E-state index in [1.807, 2.05) is 29.5 Å². The average Bonchev–Trinajstić information content (AvgIpc) is 3.05. The van der Waals surface area contributed by atoms with Crippen LogP contribution in [0.3, 0.4) is 0 Å². The van der Waals surface area contributed by atoms with E-state index in [0.29, 0.717) is 0 Å². The first kappa shape index (κ1) is 13.4. The number of hydrogen-bond donors (Lipinski definition) is 1. The Labute approximate surface area is 123 Å². The molecular formula is C17H19NOS. The second kappa shape index (κ2) is 5.81. The Morgan fingerprint density at radius 1 is 1.20 bits per heavy atom. The fraction of sp³-hybridized carbons (Fsp3) is 0.294. The van der Waals surface area contributed by atoms with Gasteiger partial charge in [-0.25, -0.2) is 0 Å². The Morgan fingerprint density at radius 3 is 2.75 bits per heavy atom. The maximum atomic E-state index is 6.04. The summed E-state index contributed by atoms with van der Waals surface area (Å²) in [5.74, 6) is 1.00. The molecule has 3 heteroatoms. The predicted molar refractivity (Wildman–Crippen MR) is 85.4 cm³/mol. The van der Waals surface area contributed by atoms with Crippen LogP contribution in [0.2, 0.25) is 0 Å². The first-order valence-electron chi connectivity index (χ1n) is 7.06. The Kier molecular flexibility index (Phi) is 3.90. The van der Waals surface area contributed by atoms with E-state index in [4.69, 9.17) is 4.42 Å². The molecular weight excluding hydrogens is 266 g/mol. The minimum Gasteiger partial charge on any atom is -0.459 e. The molecule has 0 amide bonds. The molecule has 0 aliphatic rings. The fourth-order valence-corrected chi connectivity index (χ4v) is 3.34. The minimum absolute atomic E-state index is 0.154. The molecule has 2 heterocycles. The van der Waals surface area contributed by atoms with E-state index in [1.165, 1.54) is 15.1 Å². The van der Waals surface area contributed by atoms with Crippen LogP contribution in [0.1, 0.15) is 34.9 Å². The van der Waals surface area contributed by atoms with Crippen LogP contribution in [0.15, 0.2) is 46.9 Å². The second-order valence-corrected chi connectivity index (χ2v) is 6.34. The number of para-hydroxylation sites is 1. The lowest BCUT2D eigenvalue weighted by Gasteiger charge is -2.14. The predicted octanol–water partition coefficient (Wildman–Crippen LogP) is 4.89. The van der Waals surface area contributed by atoms with Gasteiger partial charge in [0, 0.05) is 15.1 Å². The van der Waals surface area contributed by atoms with E-state index in [0.717, 1.165) is 24.3 Å². The maximum absolute atomic E-state index is 6.04. The van der Waals surface area contributed by atoms with Crippen molar-refractivity contribution in [3.05, 3.63) is 58.0 Å². The number of nitrogens with one attached hydrogen (secondary N) is 1. The molecule has 0 fully saturated rings. The summed E-state index contributed by atoms with van der Waals surface area (Å²) >= 11 is 1.83.